The van der Waals surface area contributed by atoms with E-state index in [1.807, 2.05) is 31.2 Å². The minimum atomic E-state index is -4.44. The van der Waals surface area contributed by atoms with Crippen molar-refractivity contribution in [2.75, 3.05) is 7.05 Å². The summed E-state index contributed by atoms with van der Waals surface area (Å²) in [4.78, 5) is 11.8. The van der Waals surface area contributed by atoms with Crippen molar-refractivity contribution in [3.05, 3.63) is 58.0 Å². The van der Waals surface area contributed by atoms with E-state index < -0.39 is 11.9 Å². The molecular formula is C18H19F3IN5OS. The lowest BCUT2D eigenvalue weighted by Gasteiger charge is -2.09. The zero-order valence-electron chi connectivity index (χ0n) is 15.6. The predicted molar refractivity (Wildman–Crippen MR) is 116 cm³/mol. The molecule has 29 heavy (non-hydrogen) atoms. The number of aryl methyl sites for hydroxylation is 1. The van der Waals surface area contributed by atoms with Crippen LogP contribution < -0.4 is 10.6 Å². The molecule has 0 saturated carbocycles. The second-order valence-electron chi connectivity index (χ2n) is 5.89. The summed E-state index contributed by atoms with van der Waals surface area (Å²) < 4.78 is 43.5. The Hall–Kier alpha value is -2.15. The quantitative estimate of drug-likeness (QED) is 0.283. The molecule has 3 rings (SSSR count). The van der Waals surface area contributed by atoms with Crippen LogP contribution in [0, 0.1) is 6.92 Å². The van der Waals surface area contributed by atoms with Gasteiger partial charge < -0.3 is 15.1 Å². The van der Waals surface area contributed by atoms with Crippen LogP contribution in [-0.2, 0) is 19.3 Å². The molecule has 0 aliphatic rings. The number of halogens is 4. The Bertz CT molecular complexity index is 953. The van der Waals surface area contributed by atoms with E-state index in [-0.39, 0.29) is 37.1 Å². The van der Waals surface area contributed by atoms with Crippen LogP contribution >= 0.6 is 35.3 Å². The average Bonchev–Trinajstić information content (AvgIpc) is 3.32. The molecule has 0 spiro atoms. The van der Waals surface area contributed by atoms with Crippen molar-refractivity contribution >= 4 is 41.3 Å². The molecule has 2 heterocycles. The molecule has 0 saturated heterocycles. The van der Waals surface area contributed by atoms with Crippen LogP contribution in [-0.4, -0.2) is 23.0 Å². The number of nitrogens with zero attached hydrogens (tertiary/aromatic N) is 3. The molecule has 0 fully saturated rings. The first-order chi connectivity index (χ1) is 13.3. The molecule has 0 aliphatic carbocycles. The fraction of sp³-hybridized carbons (Fsp3) is 0.278. The molecule has 156 valence electrons. The van der Waals surface area contributed by atoms with Crippen molar-refractivity contribution in [2.24, 2.45) is 4.99 Å². The van der Waals surface area contributed by atoms with E-state index in [0.717, 1.165) is 27.8 Å². The number of oxazole rings is 1. The largest absolute Gasteiger partial charge is 0.439 e. The fourth-order valence-corrected chi connectivity index (χ4v) is 3.05. The number of aliphatic imine (C=N–C) groups is 1. The second kappa shape index (κ2) is 10.1. The maximum atomic E-state index is 12.6. The Kier molecular flexibility index (Phi) is 8.02. The minimum Gasteiger partial charge on any atom is -0.439 e. The Balaban J connectivity index is 0.00000300. The molecule has 0 radical (unpaired) electrons. The van der Waals surface area contributed by atoms with E-state index in [4.69, 9.17) is 4.42 Å². The number of rotatable bonds is 5. The van der Waals surface area contributed by atoms with Crippen LogP contribution in [0.25, 0.3) is 11.3 Å². The van der Waals surface area contributed by atoms with Gasteiger partial charge in [-0.2, -0.15) is 13.2 Å². The van der Waals surface area contributed by atoms with Gasteiger partial charge in [0.15, 0.2) is 17.4 Å². The summed E-state index contributed by atoms with van der Waals surface area (Å²) in [7, 11) is 1.56. The van der Waals surface area contributed by atoms with E-state index >= 15 is 0 Å². The van der Waals surface area contributed by atoms with Gasteiger partial charge in [-0.3, -0.25) is 4.99 Å². The summed E-state index contributed by atoms with van der Waals surface area (Å²) in [6, 6.07) is 7.89. The number of benzene rings is 1. The third kappa shape index (κ3) is 6.42. The van der Waals surface area contributed by atoms with Crippen molar-refractivity contribution in [2.45, 2.75) is 26.2 Å². The number of alkyl halides is 3. The van der Waals surface area contributed by atoms with Gasteiger partial charge in [0.25, 0.3) is 0 Å². The lowest BCUT2D eigenvalue weighted by molar-refractivity contribution is -0.140. The van der Waals surface area contributed by atoms with Gasteiger partial charge in [-0.1, -0.05) is 29.8 Å². The van der Waals surface area contributed by atoms with Gasteiger partial charge in [0.05, 0.1) is 19.3 Å². The van der Waals surface area contributed by atoms with Gasteiger partial charge in [-0.15, -0.1) is 35.3 Å². The number of hydrogen-bond acceptors (Lipinski definition) is 5. The third-order valence-electron chi connectivity index (χ3n) is 3.77. The molecule has 6 nitrogen and oxygen atoms in total. The zero-order chi connectivity index (χ0) is 20.1. The summed E-state index contributed by atoms with van der Waals surface area (Å²) in [6.07, 6.45) is -2.79. The molecule has 0 atom stereocenters. The molecule has 2 aromatic heterocycles. The molecule has 11 heteroatoms. The van der Waals surface area contributed by atoms with Crippen LogP contribution in [0.3, 0.4) is 0 Å². The van der Waals surface area contributed by atoms with Gasteiger partial charge in [-0.25, -0.2) is 9.97 Å². The molecule has 1 aromatic carbocycles. The standard InChI is InChI=1S/C18H18F3N5OS.HI/c1-11-3-5-12(6-4-11)13-7-23-15(27-13)8-24-17(22-2)25-9-16-26-14(10-28-16)18(19,20)21;/h3-7,10H,8-9H2,1-2H3,(H2,22,24,25);1H. The van der Waals surface area contributed by atoms with E-state index in [0.29, 0.717) is 22.6 Å². The van der Waals surface area contributed by atoms with Crippen LogP contribution in [0.15, 0.2) is 45.3 Å². The average molecular weight is 537 g/mol. The van der Waals surface area contributed by atoms with E-state index in [1.165, 1.54) is 0 Å². The number of guanidine groups is 1. The van der Waals surface area contributed by atoms with E-state index in [9.17, 15) is 13.2 Å². The number of thiazole rings is 1. The second-order valence-corrected chi connectivity index (χ2v) is 6.83. The van der Waals surface area contributed by atoms with Gasteiger partial charge in [0.1, 0.15) is 5.01 Å². The van der Waals surface area contributed by atoms with Crippen molar-refractivity contribution < 1.29 is 17.6 Å². The van der Waals surface area contributed by atoms with Crippen molar-refractivity contribution in [1.82, 2.24) is 20.6 Å². The lowest BCUT2D eigenvalue weighted by atomic mass is 10.1. The first kappa shape index (κ1) is 23.1. The molecule has 0 unspecified atom stereocenters. The van der Waals surface area contributed by atoms with E-state index in [1.54, 1.807) is 13.2 Å². The SMILES string of the molecule is CN=C(NCc1ncc(-c2ccc(C)cc2)o1)NCc1nc(C(F)(F)F)cs1.I. The molecule has 3 aromatic rings. The highest BCUT2D eigenvalue weighted by molar-refractivity contribution is 14.0. The summed E-state index contributed by atoms with van der Waals surface area (Å²) in [5, 5.41) is 7.23. The normalized spacial score (nSPS) is 11.8. The summed E-state index contributed by atoms with van der Waals surface area (Å²) in [5.74, 6) is 1.52. The van der Waals surface area contributed by atoms with Crippen molar-refractivity contribution in [3.63, 3.8) is 0 Å². The first-order valence-corrected chi connectivity index (χ1v) is 9.21. The maximum Gasteiger partial charge on any atom is 0.434 e. The van der Waals surface area contributed by atoms with Crippen molar-refractivity contribution in [1.29, 1.82) is 0 Å². The van der Waals surface area contributed by atoms with E-state index in [2.05, 4.69) is 25.6 Å². The Morgan fingerprint density at radius 3 is 2.48 bits per heavy atom. The summed E-state index contributed by atoms with van der Waals surface area (Å²) in [5.41, 5.74) is 1.19. The molecule has 0 bridgehead atoms. The van der Waals surface area contributed by atoms with Crippen LogP contribution in [0.4, 0.5) is 13.2 Å². The summed E-state index contributed by atoms with van der Waals surface area (Å²) in [6.45, 7) is 2.41. The predicted octanol–water partition coefficient (Wildman–Crippen LogP) is 4.61. The molecule has 0 aliphatic heterocycles. The highest BCUT2D eigenvalue weighted by atomic mass is 127. The van der Waals surface area contributed by atoms with Crippen LogP contribution in [0.2, 0.25) is 0 Å². The lowest BCUT2D eigenvalue weighted by Crippen LogP contribution is -2.36. The molecule has 0 amide bonds. The Morgan fingerprint density at radius 2 is 1.86 bits per heavy atom. The first-order valence-electron chi connectivity index (χ1n) is 8.33. The Labute approximate surface area is 186 Å². The smallest absolute Gasteiger partial charge is 0.434 e. The van der Waals surface area contributed by atoms with Gasteiger partial charge in [0, 0.05) is 18.0 Å². The monoisotopic (exact) mass is 537 g/mol. The van der Waals surface area contributed by atoms with Gasteiger partial charge in [0.2, 0.25) is 5.89 Å². The number of aromatic nitrogens is 2. The topological polar surface area (TPSA) is 75.3 Å². The number of hydrogen-bond donors (Lipinski definition) is 2. The van der Waals surface area contributed by atoms with Gasteiger partial charge in [-0.05, 0) is 6.92 Å². The molecular weight excluding hydrogens is 518 g/mol. The highest BCUT2D eigenvalue weighted by Gasteiger charge is 2.33. The van der Waals surface area contributed by atoms with Crippen molar-refractivity contribution in [3.8, 4) is 11.3 Å². The summed E-state index contributed by atoms with van der Waals surface area (Å²) >= 11 is 0.938. The highest BCUT2D eigenvalue weighted by Crippen LogP contribution is 2.29. The number of nitrogens with one attached hydrogen (secondary N) is 2. The van der Waals surface area contributed by atoms with Crippen LogP contribution in [0.5, 0.6) is 0 Å². The van der Waals surface area contributed by atoms with Gasteiger partial charge >= 0.3 is 6.18 Å². The molecule has 2 N–H and O–H groups in total. The Morgan fingerprint density at radius 1 is 1.17 bits per heavy atom. The maximum absolute atomic E-state index is 12.6. The third-order valence-corrected chi connectivity index (χ3v) is 4.62. The zero-order valence-corrected chi connectivity index (χ0v) is 18.7. The minimum absolute atomic E-state index is 0. The van der Waals surface area contributed by atoms with Crippen LogP contribution in [0.1, 0.15) is 22.2 Å². The fourth-order valence-electron chi connectivity index (χ4n) is 2.30.